The van der Waals surface area contributed by atoms with Gasteiger partial charge in [0.1, 0.15) is 12.3 Å². The number of aromatic carboxylic acids is 1. The largest absolute Gasteiger partial charge is 0.478 e. The van der Waals surface area contributed by atoms with Gasteiger partial charge in [-0.1, -0.05) is 54.0 Å². The van der Waals surface area contributed by atoms with Crippen molar-refractivity contribution >= 4 is 49.9 Å². The van der Waals surface area contributed by atoms with Gasteiger partial charge in [-0.05, 0) is 48.9 Å². The number of nitrogens with one attached hydrogen (secondary N) is 1. The number of hydrogen-bond donors (Lipinski definition) is 2. The number of halogens is 1. The van der Waals surface area contributed by atoms with Gasteiger partial charge >= 0.3 is 5.97 Å². The van der Waals surface area contributed by atoms with Crippen LogP contribution in [0.1, 0.15) is 29.3 Å². The Balaban J connectivity index is 1.68. The molecule has 0 spiro atoms. The van der Waals surface area contributed by atoms with Crippen LogP contribution in [0, 0.1) is 0 Å². The maximum atomic E-state index is 12.8. The van der Waals surface area contributed by atoms with E-state index >= 15 is 0 Å². The van der Waals surface area contributed by atoms with Gasteiger partial charge in [0, 0.05) is 33.4 Å². The first-order chi connectivity index (χ1) is 17.3. The number of hydrogen-bond acceptors (Lipinski definition) is 5. The van der Waals surface area contributed by atoms with E-state index in [1.54, 1.807) is 47.2 Å². The minimum absolute atomic E-state index is 0.0810. The third-order valence-electron chi connectivity index (χ3n) is 5.38. The van der Waals surface area contributed by atoms with Gasteiger partial charge in [-0.15, -0.1) is 0 Å². The SMILES string of the molecule is CCCO/N=C(\Cn1cc(C(=O)O)c2ccccc21)c1cccc(NS(=O)(=O)c2ccc(Cl)cc2)c1. The number of oxime groups is 1. The number of aromatic nitrogens is 1. The number of para-hydroxylation sites is 1. The molecule has 0 bridgehead atoms. The summed E-state index contributed by atoms with van der Waals surface area (Å²) in [5.41, 5.74) is 2.39. The quantitative estimate of drug-likeness (QED) is 0.158. The van der Waals surface area contributed by atoms with Crippen molar-refractivity contribution in [3.8, 4) is 0 Å². The topological polar surface area (TPSA) is 110 Å². The lowest BCUT2D eigenvalue weighted by molar-refractivity contribution is 0.0698. The fraction of sp³-hybridized carbons (Fsp3) is 0.154. The van der Waals surface area contributed by atoms with Crippen molar-refractivity contribution in [2.24, 2.45) is 5.16 Å². The van der Waals surface area contributed by atoms with E-state index in [2.05, 4.69) is 9.88 Å². The van der Waals surface area contributed by atoms with Gasteiger partial charge in [0.25, 0.3) is 10.0 Å². The van der Waals surface area contributed by atoms with Gasteiger partial charge in [0.05, 0.1) is 17.0 Å². The van der Waals surface area contributed by atoms with E-state index in [0.717, 1.165) is 11.9 Å². The number of carbonyl (C=O) groups is 1. The first-order valence-electron chi connectivity index (χ1n) is 11.2. The van der Waals surface area contributed by atoms with Crippen LogP contribution < -0.4 is 4.72 Å². The molecule has 0 aliphatic heterocycles. The molecule has 8 nitrogen and oxygen atoms in total. The molecule has 4 aromatic rings. The number of benzene rings is 3. The van der Waals surface area contributed by atoms with Gasteiger partial charge in [-0.25, -0.2) is 13.2 Å². The van der Waals surface area contributed by atoms with Crippen LogP contribution in [0.4, 0.5) is 5.69 Å². The zero-order valence-corrected chi connectivity index (χ0v) is 21.0. The predicted octanol–water partition coefficient (Wildman–Crippen LogP) is 5.62. The second kappa shape index (κ2) is 10.8. The Hall–Kier alpha value is -3.82. The van der Waals surface area contributed by atoms with Gasteiger partial charge in [-0.3, -0.25) is 4.72 Å². The maximum absolute atomic E-state index is 12.8. The summed E-state index contributed by atoms with van der Waals surface area (Å²) in [6, 6.07) is 19.9. The number of fused-ring (bicyclic) bond motifs is 1. The second-order valence-corrected chi connectivity index (χ2v) is 10.1. The summed E-state index contributed by atoms with van der Waals surface area (Å²) in [4.78, 5) is 17.3. The molecule has 0 unspecified atom stereocenters. The van der Waals surface area contributed by atoms with E-state index in [9.17, 15) is 18.3 Å². The Morgan fingerprint density at radius 1 is 1.08 bits per heavy atom. The van der Waals surface area contributed by atoms with Crippen molar-refractivity contribution in [1.29, 1.82) is 0 Å². The van der Waals surface area contributed by atoms with Crippen LogP contribution in [-0.2, 0) is 21.4 Å². The summed E-state index contributed by atoms with van der Waals surface area (Å²) >= 11 is 5.88. The number of sulfonamides is 1. The van der Waals surface area contributed by atoms with Crippen molar-refractivity contribution in [3.05, 3.63) is 95.1 Å². The van der Waals surface area contributed by atoms with Crippen LogP contribution in [0.2, 0.25) is 5.02 Å². The predicted molar refractivity (Wildman–Crippen MR) is 140 cm³/mol. The van der Waals surface area contributed by atoms with Crippen LogP contribution in [0.15, 0.2) is 89.0 Å². The molecule has 1 aromatic heterocycles. The van der Waals surface area contributed by atoms with Crippen LogP contribution in [-0.4, -0.2) is 36.4 Å². The lowest BCUT2D eigenvalue weighted by Crippen LogP contribution is -2.15. The highest BCUT2D eigenvalue weighted by molar-refractivity contribution is 7.92. The number of carboxylic acids is 1. The normalized spacial score (nSPS) is 12.0. The Kier molecular flexibility index (Phi) is 7.61. The Labute approximate surface area is 213 Å². The monoisotopic (exact) mass is 525 g/mol. The van der Waals surface area contributed by atoms with E-state index in [-0.39, 0.29) is 17.0 Å². The average molecular weight is 526 g/mol. The highest BCUT2D eigenvalue weighted by Crippen LogP contribution is 2.24. The highest BCUT2D eigenvalue weighted by Gasteiger charge is 2.18. The van der Waals surface area contributed by atoms with E-state index in [1.807, 2.05) is 19.1 Å². The third kappa shape index (κ3) is 5.69. The smallest absolute Gasteiger partial charge is 0.337 e. The van der Waals surface area contributed by atoms with Gasteiger partial charge < -0.3 is 14.5 Å². The van der Waals surface area contributed by atoms with Crippen LogP contribution in [0.25, 0.3) is 10.9 Å². The van der Waals surface area contributed by atoms with Crippen LogP contribution in [0.3, 0.4) is 0 Å². The molecular formula is C26H24ClN3O5S. The van der Waals surface area contributed by atoms with Crippen molar-refractivity contribution < 1.29 is 23.2 Å². The minimum Gasteiger partial charge on any atom is -0.478 e. The summed E-state index contributed by atoms with van der Waals surface area (Å²) in [5.74, 6) is -1.02. The molecular weight excluding hydrogens is 502 g/mol. The zero-order valence-electron chi connectivity index (χ0n) is 19.4. The van der Waals surface area contributed by atoms with Gasteiger partial charge in [0.15, 0.2) is 0 Å². The molecule has 0 aliphatic carbocycles. The lowest BCUT2D eigenvalue weighted by Gasteiger charge is -2.12. The van der Waals surface area contributed by atoms with Crippen LogP contribution in [0.5, 0.6) is 0 Å². The fourth-order valence-corrected chi connectivity index (χ4v) is 4.86. The van der Waals surface area contributed by atoms with Gasteiger partial charge in [-0.2, -0.15) is 0 Å². The molecule has 0 aliphatic rings. The van der Waals surface area contributed by atoms with E-state index in [1.165, 1.54) is 24.3 Å². The summed E-state index contributed by atoms with van der Waals surface area (Å²) in [6.45, 7) is 2.57. The second-order valence-electron chi connectivity index (χ2n) is 8.00. The number of rotatable bonds is 10. The molecule has 1 heterocycles. The summed E-state index contributed by atoms with van der Waals surface area (Å²) in [5, 5.41) is 15.0. The molecule has 186 valence electrons. The summed E-state index contributed by atoms with van der Waals surface area (Å²) < 4.78 is 30.0. The lowest BCUT2D eigenvalue weighted by atomic mass is 10.1. The Bertz CT molecular complexity index is 1530. The molecule has 4 rings (SSSR count). The molecule has 10 heteroatoms. The molecule has 0 radical (unpaired) electrons. The number of nitrogens with zero attached hydrogens (tertiary/aromatic N) is 2. The molecule has 0 saturated heterocycles. The first kappa shape index (κ1) is 25.3. The van der Waals surface area contributed by atoms with E-state index in [4.69, 9.17) is 16.4 Å². The molecule has 2 N–H and O–H groups in total. The van der Waals surface area contributed by atoms with Crippen molar-refractivity contribution in [2.45, 2.75) is 24.8 Å². The molecule has 0 atom stereocenters. The summed E-state index contributed by atoms with van der Waals surface area (Å²) in [6.07, 6.45) is 2.32. The van der Waals surface area contributed by atoms with E-state index in [0.29, 0.717) is 34.0 Å². The van der Waals surface area contributed by atoms with Crippen molar-refractivity contribution in [2.75, 3.05) is 11.3 Å². The number of anilines is 1. The molecule has 0 saturated carbocycles. The fourth-order valence-electron chi connectivity index (χ4n) is 3.69. The molecule has 0 amide bonds. The number of carboxylic acid groups (broad SMARTS) is 1. The summed E-state index contributed by atoms with van der Waals surface area (Å²) in [7, 11) is -3.84. The van der Waals surface area contributed by atoms with E-state index < -0.39 is 16.0 Å². The first-order valence-corrected chi connectivity index (χ1v) is 13.0. The highest BCUT2D eigenvalue weighted by atomic mass is 35.5. The maximum Gasteiger partial charge on any atom is 0.337 e. The van der Waals surface area contributed by atoms with Crippen molar-refractivity contribution in [1.82, 2.24) is 4.57 Å². The standard InChI is InChI=1S/C26H24ClN3O5S/c1-2-14-35-28-24(17-30-16-23(26(31)32)22-8-3-4-9-25(22)30)18-6-5-7-20(15-18)29-36(33,34)21-12-10-19(27)11-13-21/h3-13,15-16,29H,2,14,17H2,1H3,(H,31,32)/b28-24+. The molecule has 3 aromatic carbocycles. The van der Waals surface area contributed by atoms with Crippen molar-refractivity contribution in [3.63, 3.8) is 0 Å². The average Bonchev–Trinajstić information content (AvgIpc) is 3.22. The molecule has 0 fully saturated rings. The van der Waals surface area contributed by atoms with Crippen LogP contribution >= 0.6 is 11.6 Å². The third-order valence-corrected chi connectivity index (χ3v) is 7.03. The Morgan fingerprint density at radius 3 is 2.56 bits per heavy atom. The molecule has 36 heavy (non-hydrogen) atoms. The Morgan fingerprint density at radius 2 is 1.83 bits per heavy atom. The van der Waals surface area contributed by atoms with Gasteiger partial charge in [0.2, 0.25) is 0 Å². The minimum atomic E-state index is -3.84. The zero-order chi connectivity index (χ0) is 25.7.